The molecule has 7 nitrogen and oxygen atoms in total. The van der Waals surface area contributed by atoms with Gasteiger partial charge in [0.15, 0.2) is 0 Å². The highest BCUT2D eigenvalue weighted by Gasteiger charge is 2.23. The number of aromatic nitrogens is 2. The van der Waals surface area contributed by atoms with Gasteiger partial charge in [-0.1, -0.05) is 12.1 Å². The lowest BCUT2D eigenvalue weighted by molar-refractivity contribution is 0.147. The first-order valence-electron chi connectivity index (χ1n) is 12.9. The molecular formula is C28H34F2N6O. The molecule has 0 amide bonds. The third-order valence-electron chi connectivity index (χ3n) is 7.31. The third-order valence-corrected chi connectivity index (χ3v) is 7.31. The number of nitrogens with one attached hydrogen (secondary N) is 1. The van der Waals surface area contributed by atoms with Gasteiger partial charge in [0.25, 0.3) is 12.0 Å². The lowest BCUT2D eigenvalue weighted by Gasteiger charge is -2.36. The van der Waals surface area contributed by atoms with E-state index < -0.39 is 6.43 Å². The summed E-state index contributed by atoms with van der Waals surface area (Å²) in [4.78, 5) is 23.3. The van der Waals surface area contributed by atoms with E-state index in [0.717, 1.165) is 58.9 Å². The number of aryl methyl sites for hydroxylation is 2. The van der Waals surface area contributed by atoms with Crippen LogP contribution in [0.15, 0.2) is 53.5 Å². The number of alkyl halides is 2. The molecule has 0 bridgehead atoms. The molecule has 1 aromatic carbocycles. The van der Waals surface area contributed by atoms with E-state index in [1.165, 1.54) is 15.8 Å². The summed E-state index contributed by atoms with van der Waals surface area (Å²) in [5, 5.41) is 3.38. The van der Waals surface area contributed by atoms with Crippen molar-refractivity contribution in [3.63, 3.8) is 0 Å². The van der Waals surface area contributed by atoms with Crippen molar-refractivity contribution in [3.05, 3.63) is 75.8 Å². The molecule has 4 heterocycles. The number of hydrogen-bond donors (Lipinski definition) is 1. The molecule has 0 aliphatic carbocycles. The van der Waals surface area contributed by atoms with Gasteiger partial charge in [0.2, 0.25) is 0 Å². The summed E-state index contributed by atoms with van der Waals surface area (Å²) in [6.45, 7) is 9.82. The van der Waals surface area contributed by atoms with Gasteiger partial charge in [-0.3, -0.25) is 9.69 Å². The summed E-state index contributed by atoms with van der Waals surface area (Å²) in [5.41, 5.74) is 3.61. The highest BCUT2D eigenvalue weighted by atomic mass is 19.3. The molecule has 0 atom stereocenters. The standard InChI is InChI=1S/C28H34F2N6O/c1-20-17-22(19-33(2)28(20)37)24-7-8-25(32-26(24)27(29)30)36-15-13-34(14-16-36)18-21-3-5-23(6-4-21)35-11-9-31-10-12-35/h3-8,17,19,27,31H,9-16,18H2,1-2H3. The van der Waals surface area contributed by atoms with Crippen LogP contribution in [-0.2, 0) is 13.6 Å². The van der Waals surface area contributed by atoms with Crippen molar-refractivity contribution in [3.8, 4) is 11.1 Å². The van der Waals surface area contributed by atoms with Gasteiger partial charge < -0.3 is 19.7 Å². The first-order valence-corrected chi connectivity index (χ1v) is 12.9. The lowest BCUT2D eigenvalue weighted by Crippen LogP contribution is -2.46. The lowest BCUT2D eigenvalue weighted by atomic mass is 10.0. The van der Waals surface area contributed by atoms with E-state index in [1.807, 2.05) is 6.07 Å². The Hall–Kier alpha value is -3.30. The van der Waals surface area contributed by atoms with E-state index >= 15 is 0 Å². The van der Waals surface area contributed by atoms with Crippen LogP contribution < -0.4 is 20.7 Å². The minimum Gasteiger partial charge on any atom is -0.369 e. The van der Waals surface area contributed by atoms with Crippen LogP contribution in [0.4, 0.5) is 20.3 Å². The monoisotopic (exact) mass is 508 g/mol. The Morgan fingerprint density at radius 2 is 1.65 bits per heavy atom. The Bertz CT molecular complexity index is 1250. The molecule has 1 N–H and O–H groups in total. The highest BCUT2D eigenvalue weighted by molar-refractivity contribution is 5.68. The van der Waals surface area contributed by atoms with Gasteiger partial charge in [0.05, 0.1) is 0 Å². The Labute approximate surface area is 216 Å². The van der Waals surface area contributed by atoms with E-state index in [0.29, 0.717) is 22.5 Å². The molecule has 9 heteroatoms. The minimum absolute atomic E-state index is 0.139. The number of hydrogen-bond acceptors (Lipinski definition) is 6. The average molecular weight is 509 g/mol. The molecule has 3 aromatic rings. The van der Waals surface area contributed by atoms with Crippen molar-refractivity contribution in [1.82, 2.24) is 19.8 Å². The molecule has 2 fully saturated rings. The number of piperazine rings is 2. The second-order valence-electron chi connectivity index (χ2n) is 9.90. The Balaban J connectivity index is 1.23. The van der Waals surface area contributed by atoms with Gasteiger partial charge in [-0.15, -0.1) is 0 Å². The van der Waals surface area contributed by atoms with Gasteiger partial charge in [0.1, 0.15) is 11.5 Å². The number of halogens is 2. The zero-order valence-electron chi connectivity index (χ0n) is 21.5. The molecule has 2 saturated heterocycles. The van der Waals surface area contributed by atoms with Crippen LogP contribution in [0.5, 0.6) is 0 Å². The Morgan fingerprint density at radius 1 is 0.946 bits per heavy atom. The molecule has 5 rings (SSSR count). The SMILES string of the molecule is Cc1cc(-c2ccc(N3CCN(Cc4ccc(N5CCNCC5)cc4)CC3)nc2C(F)F)cn(C)c1=O. The second-order valence-corrected chi connectivity index (χ2v) is 9.90. The fourth-order valence-electron chi connectivity index (χ4n) is 5.20. The molecule has 2 aliphatic heterocycles. The van der Waals surface area contributed by atoms with Crippen molar-refractivity contribution < 1.29 is 8.78 Å². The normalized spacial score (nSPS) is 17.0. The maximum absolute atomic E-state index is 14.0. The predicted molar refractivity (Wildman–Crippen MR) is 144 cm³/mol. The highest BCUT2D eigenvalue weighted by Crippen LogP contribution is 2.32. The van der Waals surface area contributed by atoms with E-state index in [1.54, 1.807) is 32.3 Å². The maximum atomic E-state index is 14.0. The molecule has 0 saturated carbocycles. The van der Waals surface area contributed by atoms with Crippen LogP contribution in [0.3, 0.4) is 0 Å². The number of rotatable bonds is 6. The molecular weight excluding hydrogens is 474 g/mol. The van der Waals surface area contributed by atoms with Crippen molar-refractivity contribution in [2.45, 2.75) is 19.9 Å². The summed E-state index contributed by atoms with van der Waals surface area (Å²) < 4.78 is 29.5. The van der Waals surface area contributed by atoms with Gasteiger partial charge in [-0.2, -0.15) is 0 Å². The van der Waals surface area contributed by atoms with Crippen LogP contribution in [0.2, 0.25) is 0 Å². The summed E-state index contributed by atoms with van der Waals surface area (Å²) in [6, 6.07) is 14.0. The van der Waals surface area contributed by atoms with Crippen molar-refractivity contribution in [2.75, 3.05) is 62.2 Å². The summed E-state index contributed by atoms with van der Waals surface area (Å²) in [5.74, 6) is 0.570. The van der Waals surface area contributed by atoms with Crippen molar-refractivity contribution in [2.24, 2.45) is 7.05 Å². The van der Waals surface area contributed by atoms with Crippen LogP contribution in [0.1, 0.15) is 23.2 Å². The molecule has 2 aliphatic rings. The average Bonchev–Trinajstić information content (AvgIpc) is 2.92. The van der Waals surface area contributed by atoms with Crippen molar-refractivity contribution >= 4 is 11.5 Å². The topological polar surface area (TPSA) is 56.6 Å². The number of nitrogens with zero attached hydrogens (tertiary/aromatic N) is 5. The van der Waals surface area contributed by atoms with Gasteiger partial charge in [-0.25, -0.2) is 13.8 Å². The molecule has 0 radical (unpaired) electrons. The Kier molecular flexibility index (Phi) is 7.53. The molecule has 0 unspecified atom stereocenters. The largest absolute Gasteiger partial charge is 0.369 e. The molecule has 196 valence electrons. The first kappa shape index (κ1) is 25.4. The third kappa shape index (κ3) is 5.67. The summed E-state index contributed by atoms with van der Waals surface area (Å²) >= 11 is 0. The van der Waals surface area contributed by atoms with E-state index in [-0.39, 0.29) is 11.3 Å². The van der Waals surface area contributed by atoms with Crippen LogP contribution in [0, 0.1) is 6.92 Å². The fraction of sp³-hybridized carbons (Fsp3) is 0.429. The van der Waals surface area contributed by atoms with Crippen LogP contribution in [0.25, 0.3) is 11.1 Å². The van der Waals surface area contributed by atoms with Gasteiger partial charge >= 0.3 is 0 Å². The molecule has 2 aromatic heterocycles. The zero-order valence-corrected chi connectivity index (χ0v) is 21.5. The summed E-state index contributed by atoms with van der Waals surface area (Å²) in [7, 11) is 1.63. The number of anilines is 2. The maximum Gasteiger partial charge on any atom is 0.281 e. The zero-order chi connectivity index (χ0) is 25.9. The van der Waals surface area contributed by atoms with Crippen LogP contribution >= 0.6 is 0 Å². The quantitative estimate of drug-likeness (QED) is 0.551. The Morgan fingerprint density at radius 3 is 2.30 bits per heavy atom. The van der Waals surface area contributed by atoms with Gasteiger partial charge in [-0.05, 0) is 42.8 Å². The smallest absolute Gasteiger partial charge is 0.281 e. The number of benzene rings is 1. The van der Waals surface area contributed by atoms with Gasteiger partial charge in [0, 0.05) is 94.5 Å². The van der Waals surface area contributed by atoms with E-state index in [2.05, 4.69) is 49.3 Å². The summed E-state index contributed by atoms with van der Waals surface area (Å²) in [6.07, 6.45) is -1.12. The first-order chi connectivity index (χ1) is 17.9. The van der Waals surface area contributed by atoms with Crippen LogP contribution in [-0.4, -0.2) is 66.8 Å². The van der Waals surface area contributed by atoms with E-state index in [4.69, 9.17) is 0 Å². The predicted octanol–water partition coefficient (Wildman–Crippen LogP) is 3.43. The van der Waals surface area contributed by atoms with Crippen molar-refractivity contribution in [1.29, 1.82) is 0 Å². The van der Waals surface area contributed by atoms with E-state index in [9.17, 15) is 13.6 Å². The molecule has 0 spiro atoms. The number of pyridine rings is 2. The minimum atomic E-state index is -2.71. The fourth-order valence-corrected chi connectivity index (χ4v) is 5.20. The molecule has 37 heavy (non-hydrogen) atoms. The second kappa shape index (κ2) is 11.0.